The molecule has 2 aromatic heterocycles. The number of fused-ring (bicyclic) bond motifs is 1. The average molecular weight is 506 g/mol. The lowest BCUT2D eigenvalue weighted by molar-refractivity contribution is -0.175. The molecule has 0 aliphatic carbocycles. The maximum atomic E-state index is 14.0. The summed E-state index contributed by atoms with van der Waals surface area (Å²) in [5.74, 6) is -1.35. The highest BCUT2D eigenvalue weighted by Gasteiger charge is 2.54. The smallest absolute Gasteiger partial charge is 0.312 e. The first-order valence-electron chi connectivity index (χ1n) is 12.5. The van der Waals surface area contributed by atoms with Crippen LogP contribution in [0.1, 0.15) is 73.0 Å². The SMILES string of the molecule is C=C(C)[C@]1(COC(=O)C(CC)CC)O[C@@H](n2cnc3c(N)nc(F)nc32)C[C@@H]1OC(=O)C(CC)CC. The van der Waals surface area contributed by atoms with Crippen LogP contribution in [0.15, 0.2) is 18.5 Å². The quantitative estimate of drug-likeness (QED) is 0.272. The van der Waals surface area contributed by atoms with Gasteiger partial charge in [-0.25, -0.2) is 4.98 Å². The first-order valence-corrected chi connectivity index (χ1v) is 12.5. The third kappa shape index (κ3) is 5.21. The number of rotatable bonds is 11. The Morgan fingerprint density at radius 2 is 1.81 bits per heavy atom. The zero-order valence-electron chi connectivity index (χ0n) is 21.6. The Kier molecular flexibility index (Phi) is 8.65. The van der Waals surface area contributed by atoms with Crippen molar-refractivity contribution in [3.05, 3.63) is 24.6 Å². The van der Waals surface area contributed by atoms with Gasteiger partial charge in [-0.1, -0.05) is 34.3 Å². The predicted octanol–water partition coefficient (Wildman–Crippen LogP) is 4.11. The van der Waals surface area contributed by atoms with Gasteiger partial charge in [-0.15, -0.1) is 0 Å². The molecule has 10 nitrogen and oxygen atoms in total. The van der Waals surface area contributed by atoms with E-state index in [-0.39, 0.29) is 53.8 Å². The summed E-state index contributed by atoms with van der Waals surface area (Å²) in [6, 6.07) is 0. The van der Waals surface area contributed by atoms with Gasteiger partial charge < -0.3 is 19.9 Å². The summed E-state index contributed by atoms with van der Waals surface area (Å²) < 4.78 is 33.6. The number of imidazole rings is 1. The number of nitrogens with two attached hydrogens (primary N) is 1. The largest absolute Gasteiger partial charge is 0.462 e. The molecule has 198 valence electrons. The van der Waals surface area contributed by atoms with Gasteiger partial charge >= 0.3 is 18.0 Å². The minimum Gasteiger partial charge on any atom is -0.462 e. The molecule has 1 saturated heterocycles. The van der Waals surface area contributed by atoms with Crippen LogP contribution in [0, 0.1) is 17.9 Å². The fourth-order valence-corrected chi connectivity index (χ4v) is 4.58. The predicted molar refractivity (Wildman–Crippen MR) is 131 cm³/mol. The lowest BCUT2D eigenvalue weighted by Crippen LogP contribution is -2.48. The number of halogens is 1. The van der Waals surface area contributed by atoms with Crippen LogP contribution in [0.3, 0.4) is 0 Å². The van der Waals surface area contributed by atoms with Crippen molar-refractivity contribution in [1.29, 1.82) is 0 Å². The molecule has 0 amide bonds. The van der Waals surface area contributed by atoms with E-state index in [1.54, 1.807) is 6.92 Å². The number of carbonyl (C=O) groups excluding carboxylic acids is 2. The molecule has 1 aliphatic heterocycles. The lowest BCUT2D eigenvalue weighted by Gasteiger charge is -2.35. The fourth-order valence-electron chi connectivity index (χ4n) is 4.58. The van der Waals surface area contributed by atoms with Gasteiger partial charge in [-0.05, 0) is 38.2 Å². The summed E-state index contributed by atoms with van der Waals surface area (Å²) in [5.41, 5.74) is 5.38. The summed E-state index contributed by atoms with van der Waals surface area (Å²) >= 11 is 0. The maximum absolute atomic E-state index is 14.0. The first kappa shape index (κ1) is 27.5. The van der Waals surface area contributed by atoms with Crippen LogP contribution in [0.2, 0.25) is 0 Å². The Morgan fingerprint density at radius 1 is 1.19 bits per heavy atom. The zero-order chi connectivity index (χ0) is 26.6. The van der Waals surface area contributed by atoms with Crippen LogP contribution in [-0.2, 0) is 23.8 Å². The van der Waals surface area contributed by atoms with Crippen molar-refractivity contribution in [2.45, 2.75) is 84.7 Å². The molecule has 1 aliphatic rings. The van der Waals surface area contributed by atoms with Crippen LogP contribution >= 0.6 is 0 Å². The van der Waals surface area contributed by atoms with Gasteiger partial charge in [-0.2, -0.15) is 14.4 Å². The van der Waals surface area contributed by atoms with Crippen molar-refractivity contribution < 1.29 is 28.2 Å². The minimum atomic E-state index is -1.32. The van der Waals surface area contributed by atoms with Crippen molar-refractivity contribution >= 4 is 28.9 Å². The maximum Gasteiger partial charge on any atom is 0.312 e. The molecule has 0 saturated carbocycles. The number of nitrogens with zero attached hydrogens (tertiary/aromatic N) is 4. The van der Waals surface area contributed by atoms with Gasteiger partial charge in [0.25, 0.3) is 0 Å². The number of nitrogen functional groups attached to an aromatic ring is 1. The Hall–Kier alpha value is -3.08. The van der Waals surface area contributed by atoms with Gasteiger partial charge in [0, 0.05) is 6.42 Å². The van der Waals surface area contributed by atoms with Crippen molar-refractivity contribution in [2.24, 2.45) is 11.8 Å². The van der Waals surface area contributed by atoms with Gasteiger partial charge in [0.05, 0.1) is 18.2 Å². The Morgan fingerprint density at radius 3 is 2.39 bits per heavy atom. The molecule has 0 spiro atoms. The molecular weight excluding hydrogens is 469 g/mol. The number of esters is 2. The number of hydrogen-bond donors (Lipinski definition) is 1. The molecule has 0 bridgehead atoms. The molecule has 3 rings (SSSR count). The molecule has 0 unspecified atom stereocenters. The molecular formula is C25H36FN5O5. The van der Waals surface area contributed by atoms with E-state index in [0.717, 1.165) is 0 Å². The summed E-state index contributed by atoms with van der Waals surface area (Å²) in [4.78, 5) is 37.3. The highest BCUT2D eigenvalue weighted by atomic mass is 19.1. The molecule has 36 heavy (non-hydrogen) atoms. The second-order valence-electron chi connectivity index (χ2n) is 9.24. The van der Waals surface area contributed by atoms with Crippen LogP contribution < -0.4 is 5.73 Å². The number of hydrogen-bond acceptors (Lipinski definition) is 9. The fraction of sp³-hybridized carbons (Fsp3) is 0.640. The van der Waals surface area contributed by atoms with Gasteiger partial charge in [0.15, 0.2) is 22.6 Å². The van der Waals surface area contributed by atoms with Crippen LogP contribution in [0.4, 0.5) is 10.2 Å². The first-order chi connectivity index (χ1) is 17.1. The van der Waals surface area contributed by atoms with E-state index >= 15 is 0 Å². The molecule has 2 aromatic rings. The molecule has 11 heteroatoms. The van der Waals surface area contributed by atoms with Crippen molar-refractivity contribution in [1.82, 2.24) is 19.5 Å². The number of anilines is 1. The van der Waals surface area contributed by atoms with Crippen LogP contribution in [-0.4, -0.2) is 49.8 Å². The normalized spacial score (nSPS) is 21.9. The summed E-state index contributed by atoms with van der Waals surface area (Å²) in [6.45, 7) is 13.3. The topological polar surface area (TPSA) is 131 Å². The second-order valence-corrected chi connectivity index (χ2v) is 9.24. The van der Waals surface area contributed by atoms with Crippen LogP contribution in [0.25, 0.3) is 11.2 Å². The minimum absolute atomic E-state index is 0.101. The Bertz CT molecular complexity index is 1110. The van der Waals surface area contributed by atoms with Gasteiger partial charge in [0.1, 0.15) is 18.9 Å². The van der Waals surface area contributed by atoms with Crippen LogP contribution in [0.5, 0.6) is 0 Å². The third-order valence-electron chi connectivity index (χ3n) is 7.06. The Balaban J connectivity index is 2.00. The van der Waals surface area contributed by atoms with Crippen molar-refractivity contribution in [2.75, 3.05) is 12.3 Å². The monoisotopic (exact) mass is 505 g/mol. The average Bonchev–Trinajstić information content (AvgIpc) is 3.41. The Labute approximate surface area is 210 Å². The van der Waals surface area contributed by atoms with E-state index in [4.69, 9.17) is 19.9 Å². The molecule has 0 radical (unpaired) electrons. The van der Waals surface area contributed by atoms with E-state index in [1.165, 1.54) is 10.9 Å². The van der Waals surface area contributed by atoms with E-state index in [1.807, 2.05) is 27.7 Å². The van der Waals surface area contributed by atoms with Gasteiger partial charge in [-0.3, -0.25) is 14.2 Å². The highest BCUT2D eigenvalue weighted by Crippen LogP contribution is 2.44. The molecule has 0 aromatic carbocycles. The van der Waals surface area contributed by atoms with E-state index in [9.17, 15) is 14.0 Å². The zero-order valence-corrected chi connectivity index (χ0v) is 21.6. The lowest BCUT2D eigenvalue weighted by atomic mass is 9.90. The summed E-state index contributed by atoms with van der Waals surface area (Å²) in [6.07, 6.45) is 1.54. The number of ether oxygens (including phenoxy) is 3. The van der Waals surface area contributed by atoms with E-state index in [2.05, 4.69) is 21.5 Å². The molecule has 1 fully saturated rings. The van der Waals surface area contributed by atoms with Crippen molar-refractivity contribution in [3.63, 3.8) is 0 Å². The summed E-state index contributed by atoms with van der Waals surface area (Å²) in [7, 11) is 0. The standard InChI is InChI=1S/C25H36FN5O5/c1-7-15(8-2)22(32)34-12-25(14(5)6)17(35-23(33)16(9-3)10-4)11-18(36-25)31-13-28-19-20(27)29-24(26)30-21(19)31/h13,15-18H,5,7-12H2,1-4,6H3,(H2,27,29,30)/t17-,18+,25-/m0/s1. The van der Waals surface area contributed by atoms with E-state index in [0.29, 0.717) is 31.3 Å². The number of aromatic nitrogens is 4. The second kappa shape index (κ2) is 11.3. The van der Waals surface area contributed by atoms with E-state index < -0.39 is 24.0 Å². The number of carbonyl (C=O) groups is 2. The molecule has 3 atom stereocenters. The van der Waals surface area contributed by atoms with Crippen molar-refractivity contribution in [3.8, 4) is 0 Å². The highest BCUT2D eigenvalue weighted by molar-refractivity contribution is 5.81. The molecule has 2 N–H and O–H groups in total. The van der Waals surface area contributed by atoms with Gasteiger partial charge in [0.2, 0.25) is 0 Å². The third-order valence-corrected chi connectivity index (χ3v) is 7.06. The summed E-state index contributed by atoms with van der Waals surface area (Å²) in [5, 5.41) is 0. The molecule has 3 heterocycles.